The van der Waals surface area contributed by atoms with Crippen molar-refractivity contribution in [2.75, 3.05) is 22.9 Å². The fraction of sp³-hybridized carbons (Fsp3) is 0.222. The molecule has 27 heavy (non-hydrogen) atoms. The number of fused-ring (bicyclic) bond motifs is 1. The lowest BCUT2D eigenvalue weighted by atomic mass is 10.1. The number of hydrazone groups is 1. The lowest BCUT2D eigenvalue weighted by molar-refractivity contribution is 0.598. The summed E-state index contributed by atoms with van der Waals surface area (Å²) in [6.07, 6.45) is 1.95. The van der Waals surface area contributed by atoms with Crippen LogP contribution in [0.5, 0.6) is 0 Å². The normalized spacial score (nSPS) is 18.2. The molecule has 2 heterocycles. The molecule has 1 N–H and O–H groups in total. The monoisotopic (exact) mass is 420 g/mol. The lowest BCUT2D eigenvalue weighted by Gasteiger charge is -2.18. The molecule has 0 aromatic heterocycles. The maximum Gasteiger partial charge on any atom is 0.232 e. The minimum Gasteiger partial charge on any atom is -0.270 e. The molecule has 0 radical (unpaired) electrons. The first-order valence-corrected chi connectivity index (χ1v) is 11.5. The molecule has 0 bridgehead atoms. The van der Waals surface area contributed by atoms with E-state index in [1.807, 2.05) is 36.4 Å². The molecule has 0 atom stereocenters. The second-order valence-corrected chi connectivity index (χ2v) is 9.59. The Bertz CT molecular complexity index is 1070. The summed E-state index contributed by atoms with van der Waals surface area (Å²) in [5.74, 6) is 0.682. The van der Waals surface area contributed by atoms with Crippen molar-refractivity contribution >= 4 is 55.6 Å². The summed E-state index contributed by atoms with van der Waals surface area (Å²) in [6, 6.07) is 13.2. The fourth-order valence-electron chi connectivity index (χ4n) is 3.08. The summed E-state index contributed by atoms with van der Waals surface area (Å²) < 4.78 is 25.2. The lowest BCUT2D eigenvalue weighted by Crippen LogP contribution is -2.27. The van der Waals surface area contributed by atoms with Gasteiger partial charge in [0, 0.05) is 17.3 Å². The van der Waals surface area contributed by atoms with Crippen molar-refractivity contribution in [1.82, 2.24) is 5.43 Å². The van der Waals surface area contributed by atoms with Crippen LogP contribution in [0.3, 0.4) is 0 Å². The zero-order valence-corrected chi connectivity index (χ0v) is 16.9. The molecular formula is C18H17ClN4O2S2. The van der Waals surface area contributed by atoms with Crippen molar-refractivity contribution in [3.8, 4) is 0 Å². The van der Waals surface area contributed by atoms with Crippen LogP contribution < -0.4 is 9.73 Å². The van der Waals surface area contributed by atoms with Gasteiger partial charge in [0.15, 0.2) is 5.17 Å². The summed E-state index contributed by atoms with van der Waals surface area (Å²) in [4.78, 5) is 4.51. The standard InChI is InChI=1S/C18H17ClN4O2S2/c1-27(24,25)23-8-7-13-9-12(5-6-17(13)23)16-11-26-18(22-21-16)20-15-4-2-3-14(19)10-15/h2-6,9-10H,7-8,11H2,1H3,(H,20,22). The van der Waals surface area contributed by atoms with Crippen molar-refractivity contribution < 1.29 is 8.42 Å². The largest absolute Gasteiger partial charge is 0.270 e. The maximum atomic E-state index is 11.9. The minimum absolute atomic E-state index is 0.494. The van der Waals surface area contributed by atoms with Gasteiger partial charge in [-0.3, -0.25) is 9.73 Å². The molecule has 0 fully saturated rings. The van der Waals surface area contributed by atoms with E-state index in [1.54, 1.807) is 17.8 Å². The summed E-state index contributed by atoms with van der Waals surface area (Å²) >= 11 is 7.55. The van der Waals surface area contributed by atoms with E-state index in [0.29, 0.717) is 28.9 Å². The number of benzene rings is 2. The third-order valence-electron chi connectivity index (χ3n) is 4.34. The molecule has 2 aromatic rings. The molecule has 2 aliphatic rings. The van der Waals surface area contributed by atoms with Crippen LogP contribution in [0.4, 0.5) is 11.4 Å². The molecule has 0 spiro atoms. The Labute approximate surface area is 167 Å². The van der Waals surface area contributed by atoms with Crippen LogP contribution >= 0.6 is 23.4 Å². The molecule has 140 valence electrons. The number of amidine groups is 1. The molecule has 6 nitrogen and oxygen atoms in total. The Balaban J connectivity index is 1.54. The number of sulfonamides is 1. The van der Waals surface area contributed by atoms with Crippen LogP contribution in [-0.4, -0.2) is 37.9 Å². The van der Waals surface area contributed by atoms with E-state index in [2.05, 4.69) is 15.5 Å². The van der Waals surface area contributed by atoms with Crippen molar-refractivity contribution in [1.29, 1.82) is 0 Å². The molecular weight excluding hydrogens is 404 g/mol. The van der Waals surface area contributed by atoms with Crippen LogP contribution in [0, 0.1) is 0 Å². The highest BCUT2D eigenvalue weighted by Crippen LogP contribution is 2.31. The second-order valence-electron chi connectivity index (χ2n) is 6.28. The van der Waals surface area contributed by atoms with E-state index < -0.39 is 10.0 Å². The van der Waals surface area contributed by atoms with Crippen LogP contribution in [0.1, 0.15) is 11.1 Å². The topological polar surface area (TPSA) is 74.1 Å². The van der Waals surface area contributed by atoms with E-state index in [4.69, 9.17) is 11.6 Å². The van der Waals surface area contributed by atoms with E-state index in [9.17, 15) is 8.42 Å². The highest BCUT2D eigenvalue weighted by molar-refractivity contribution is 8.14. The summed E-state index contributed by atoms with van der Waals surface area (Å²) in [7, 11) is -3.23. The molecule has 2 aromatic carbocycles. The Morgan fingerprint density at radius 2 is 2.11 bits per heavy atom. The molecule has 0 amide bonds. The Hall–Kier alpha value is -2.03. The van der Waals surface area contributed by atoms with Gasteiger partial charge in [0.1, 0.15) is 0 Å². The Morgan fingerprint density at radius 1 is 1.26 bits per heavy atom. The SMILES string of the molecule is CS(=O)(=O)N1CCc2cc(C3=NNC(=Nc4cccc(Cl)c4)SC3)ccc21. The number of nitrogens with one attached hydrogen (secondary N) is 1. The number of anilines is 1. The van der Waals surface area contributed by atoms with Gasteiger partial charge in [-0.1, -0.05) is 35.5 Å². The summed E-state index contributed by atoms with van der Waals surface area (Å²) in [6.45, 7) is 0.494. The first-order chi connectivity index (χ1) is 12.9. The molecule has 0 saturated heterocycles. The molecule has 4 rings (SSSR count). The summed E-state index contributed by atoms with van der Waals surface area (Å²) in [5.41, 5.74) is 7.46. The molecule has 0 unspecified atom stereocenters. The first kappa shape index (κ1) is 18.3. The number of nitrogens with zero attached hydrogens (tertiary/aromatic N) is 3. The third-order valence-corrected chi connectivity index (χ3v) is 6.63. The predicted molar refractivity (Wildman–Crippen MR) is 113 cm³/mol. The fourth-order valence-corrected chi connectivity index (χ4v) is 5.01. The van der Waals surface area contributed by atoms with Crippen LogP contribution in [0.2, 0.25) is 5.02 Å². The number of hydrogen-bond acceptors (Lipinski definition) is 5. The van der Waals surface area contributed by atoms with Crippen molar-refractivity contribution in [2.24, 2.45) is 10.1 Å². The number of rotatable bonds is 3. The van der Waals surface area contributed by atoms with Crippen LogP contribution in [0.15, 0.2) is 52.6 Å². The quantitative estimate of drug-likeness (QED) is 0.825. The van der Waals surface area contributed by atoms with Crippen LogP contribution in [0.25, 0.3) is 0 Å². The molecule has 0 saturated carbocycles. The van der Waals surface area contributed by atoms with Gasteiger partial charge in [0.2, 0.25) is 10.0 Å². The van der Waals surface area contributed by atoms with E-state index >= 15 is 0 Å². The van der Waals surface area contributed by atoms with E-state index in [-0.39, 0.29) is 0 Å². The number of thioether (sulfide) groups is 1. The number of halogens is 1. The van der Waals surface area contributed by atoms with E-state index in [0.717, 1.165) is 28.2 Å². The smallest absolute Gasteiger partial charge is 0.232 e. The van der Waals surface area contributed by atoms with Gasteiger partial charge in [-0.25, -0.2) is 13.4 Å². The first-order valence-electron chi connectivity index (χ1n) is 8.31. The summed E-state index contributed by atoms with van der Waals surface area (Å²) in [5, 5.41) is 5.80. The average Bonchev–Trinajstić information content (AvgIpc) is 3.06. The van der Waals surface area contributed by atoms with Crippen LogP contribution in [-0.2, 0) is 16.4 Å². The van der Waals surface area contributed by atoms with Crippen molar-refractivity contribution in [3.05, 3.63) is 58.6 Å². The van der Waals surface area contributed by atoms with Crippen molar-refractivity contribution in [3.63, 3.8) is 0 Å². The van der Waals surface area contributed by atoms with Gasteiger partial charge in [0.25, 0.3) is 0 Å². The van der Waals surface area contributed by atoms with Gasteiger partial charge in [0.05, 0.1) is 23.3 Å². The Morgan fingerprint density at radius 3 is 2.81 bits per heavy atom. The zero-order chi connectivity index (χ0) is 19.0. The Kier molecular flexibility index (Phi) is 4.88. The molecule has 0 aliphatic carbocycles. The van der Waals surface area contributed by atoms with Crippen molar-refractivity contribution in [2.45, 2.75) is 6.42 Å². The third kappa shape index (κ3) is 3.97. The van der Waals surface area contributed by atoms with Gasteiger partial charge in [-0.05, 0) is 47.9 Å². The van der Waals surface area contributed by atoms with Gasteiger partial charge in [-0.2, -0.15) is 5.10 Å². The van der Waals surface area contributed by atoms with E-state index in [1.165, 1.54) is 10.6 Å². The zero-order valence-electron chi connectivity index (χ0n) is 14.5. The highest BCUT2D eigenvalue weighted by atomic mass is 35.5. The molecule has 2 aliphatic heterocycles. The number of hydrogen-bond donors (Lipinski definition) is 1. The minimum atomic E-state index is -3.23. The highest BCUT2D eigenvalue weighted by Gasteiger charge is 2.26. The molecule has 9 heteroatoms. The maximum absolute atomic E-state index is 11.9. The van der Waals surface area contributed by atoms with Gasteiger partial charge >= 0.3 is 0 Å². The van der Waals surface area contributed by atoms with Gasteiger partial charge in [-0.15, -0.1) is 0 Å². The van der Waals surface area contributed by atoms with Gasteiger partial charge < -0.3 is 0 Å². The number of aliphatic imine (C=N–C) groups is 1. The predicted octanol–water partition coefficient (Wildman–Crippen LogP) is 3.39. The average molecular weight is 421 g/mol. The second kappa shape index (κ2) is 7.18.